The van der Waals surface area contributed by atoms with Gasteiger partial charge in [0.25, 0.3) is 5.91 Å². The molecule has 2 aliphatic heterocycles. The van der Waals surface area contributed by atoms with Gasteiger partial charge in [-0.3, -0.25) is 9.36 Å². The minimum Gasteiger partial charge on any atom is -0.376 e. The van der Waals surface area contributed by atoms with Gasteiger partial charge in [-0.2, -0.15) is 0 Å². The van der Waals surface area contributed by atoms with E-state index in [0.29, 0.717) is 18.1 Å². The molecule has 2 fully saturated rings. The van der Waals surface area contributed by atoms with Gasteiger partial charge in [0, 0.05) is 38.5 Å². The molecule has 1 amide bonds. The zero-order valence-corrected chi connectivity index (χ0v) is 15.7. The third-order valence-electron chi connectivity index (χ3n) is 5.34. The second-order valence-corrected chi connectivity index (χ2v) is 7.42. The highest BCUT2D eigenvalue weighted by Crippen LogP contribution is 2.22. The summed E-state index contributed by atoms with van der Waals surface area (Å²) in [5.74, 6) is 2.21. The van der Waals surface area contributed by atoms with E-state index in [1.165, 1.54) is 12.8 Å². The quantitative estimate of drug-likeness (QED) is 0.864. The van der Waals surface area contributed by atoms with Crippen molar-refractivity contribution < 1.29 is 9.53 Å². The third kappa shape index (κ3) is 4.27. The molecule has 1 unspecified atom stereocenters. The molecular weight excluding hydrogens is 344 g/mol. The Bertz CT molecular complexity index is 778. The molecule has 0 saturated carbocycles. The number of anilines is 1. The van der Waals surface area contributed by atoms with Crippen LogP contribution < -0.4 is 10.2 Å². The van der Waals surface area contributed by atoms with Crippen LogP contribution in [0.2, 0.25) is 0 Å². The zero-order valence-electron chi connectivity index (χ0n) is 15.7. The normalized spacial score (nSPS) is 20.8. The molecule has 0 aliphatic carbocycles. The van der Waals surface area contributed by atoms with E-state index in [2.05, 4.69) is 32.1 Å². The highest BCUT2D eigenvalue weighted by molar-refractivity contribution is 5.92. The number of amides is 1. The molecule has 8 nitrogen and oxygen atoms in total. The zero-order chi connectivity index (χ0) is 18.6. The Morgan fingerprint density at radius 3 is 2.81 bits per heavy atom. The SMILES string of the molecule is CC1CCN(c2cc(-n3cnc(C(=O)NCC4CCCO4)c3)ncn2)CC1. The number of aromatic nitrogens is 4. The summed E-state index contributed by atoms with van der Waals surface area (Å²) in [4.78, 5) is 27.6. The number of hydrogen-bond donors (Lipinski definition) is 1. The summed E-state index contributed by atoms with van der Waals surface area (Å²) in [6.07, 6.45) is 9.42. The molecule has 2 aromatic rings. The Kier molecular flexibility index (Phi) is 5.33. The van der Waals surface area contributed by atoms with Crippen LogP contribution in [-0.4, -0.2) is 57.8 Å². The lowest BCUT2D eigenvalue weighted by Crippen LogP contribution is -2.33. The van der Waals surface area contributed by atoms with E-state index < -0.39 is 0 Å². The largest absolute Gasteiger partial charge is 0.376 e. The molecule has 0 bridgehead atoms. The van der Waals surface area contributed by atoms with Crippen molar-refractivity contribution in [2.75, 3.05) is 31.1 Å². The molecule has 1 N–H and O–H groups in total. The number of ether oxygens (including phenoxy) is 1. The summed E-state index contributed by atoms with van der Waals surface area (Å²) in [5.41, 5.74) is 0.375. The van der Waals surface area contributed by atoms with Crippen molar-refractivity contribution >= 4 is 11.7 Å². The highest BCUT2D eigenvalue weighted by atomic mass is 16.5. The Hall–Kier alpha value is -2.48. The van der Waals surface area contributed by atoms with E-state index in [4.69, 9.17) is 4.74 Å². The van der Waals surface area contributed by atoms with E-state index in [1.807, 2.05) is 6.07 Å². The molecule has 1 atom stereocenters. The summed E-state index contributed by atoms with van der Waals surface area (Å²) >= 11 is 0. The average molecular weight is 370 g/mol. The summed E-state index contributed by atoms with van der Waals surface area (Å²) in [7, 11) is 0. The smallest absolute Gasteiger partial charge is 0.271 e. The maximum Gasteiger partial charge on any atom is 0.271 e. The maximum atomic E-state index is 12.3. The van der Waals surface area contributed by atoms with Crippen LogP contribution in [0.3, 0.4) is 0 Å². The minimum absolute atomic E-state index is 0.118. The molecule has 144 valence electrons. The first-order valence-electron chi connectivity index (χ1n) is 9.70. The van der Waals surface area contributed by atoms with Gasteiger partial charge in [0.15, 0.2) is 0 Å². The molecular formula is C19H26N6O2. The Morgan fingerprint density at radius 2 is 2.04 bits per heavy atom. The van der Waals surface area contributed by atoms with Crippen molar-refractivity contribution in [2.24, 2.45) is 5.92 Å². The second kappa shape index (κ2) is 8.04. The number of imidazole rings is 1. The van der Waals surface area contributed by atoms with Crippen molar-refractivity contribution in [2.45, 2.75) is 38.7 Å². The number of piperidine rings is 1. The van der Waals surface area contributed by atoms with Crippen molar-refractivity contribution in [1.82, 2.24) is 24.8 Å². The van der Waals surface area contributed by atoms with Crippen LogP contribution in [0.15, 0.2) is 24.9 Å². The van der Waals surface area contributed by atoms with Gasteiger partial charge in [-0.25, -0.2) is 15.0 Å². The van der Waals surface area contributed by atoms with E-state index in [0.717, 1.165) is 44.3 Å². The van der Waals surface area contributed by atoms with Gasteiger partial charge in [-0.15, -0.1) is 0 Å². The van der Waals surface area contributed by atoms with Gasteiger partial charge in [-0.05, 0) is 31.6 Å². The minimum atomic E-state index is -0.191. The molecule has 8 heteroatoms. The topological polar surface area (TPSA) is 85.2 Å². The average Bonchev–Trinajstić information content (AvgIpc) is 3.39. The number of nitrogens with zero attached hydrogens (tertiary/aromatic N) is 5. The molecule has 2 saturated heterocycles. The molecule has 4 rings (SSSR count). The fourth-order valence-electron chi connectivity index (χ4n) is 3.56. The summed E-state index contributed by atoms with van der Waals surface area (Å²) < 4.78 is 7.29. The fourth-order valence-corrected chi connectivity index (χ4v) is 3.56. The predicted molar refractivity (Wildman–Crippen MR) is 101 cm³/mol. The van der Waals surface area contributed by atoms with Crippen LogP contribution in [0.25, 0.3) is 5.82 Å². The molecule has 0 aromatic carbocycles. The van der Waals surface area contributed by atoms with Gasteiger partial charge in [0.05, 0.1) is 6.10 Å². The van der Waals surface area contributed by atoms with Crippen molar-refractivity contribution in [3.8, 4) is 5.82 Å². The lowest BCUT2D eigenvalue weighted by molar-refractivity contribution is 0.0854. The number of rotatable bonds is 5. The highest BCUT2D eigenvalue weighted by Gasteiger charge is 2.19. The van der Waals surface area contributed by atoms with Crippen molar-refractivity contribution in [1.29, 1.82) is 0 Å². The van der Waals surface area contributed by atoms with E-state index in [9.17, 15) is 4.79 Å². The number of nitrogens with one attached hydrogen (secondary N) is 1. The summed E-state index contributed by atoms with van der Waals surface area (Å²) in [6, 6.07) is 1.95. The summed E-state index contributed by atoms with van der Waals surface area (Å²) in [6.45, 7) is 5.62. The van der Waals surface area contributed by atoms with Crippen LogP contribution in [0.1, 0.15) is 43.1 Å². The molecule has 27 heavy (non-hydrogen) atoms. The first kappa shape index (κ1) is 17.9. The molecule has 4 heterocycles. The third-order valence-corrected chi connectivity index (χ3v) is 5.34. The van der Waals surface area contributed by atoms with Gasteiger partial charge < -0.3 is 15.0 Å². The monoisotopic (exact) mass is 370 g/mol. The van der Waals surface area contributed by atoms with E-state index in [-0.39, 0.29) is 12.0 Å². The number of carbonyl (C=O) groups is 1. The Morgan fingerprint density at radius 1 is 1.22 bits per heavy atom. The standard InChI is InChI=1S/C19H26N6O2/c1-14-4-6-24(7-5-14)17-9-18(22-12-21-17)25-11-16(23-13-25)19(26)20-10-15-3-2-8-27-15/h9,11-15H,2-8,10H2,1H3,(H,20,26). The van der Waals surface area contributed by atoms with E-state index in [1.54, 1.807) is 23.4 Å². The van der Waals surface area contributed by atoms with Crippen LogP contribution in [0, 0.1) is 5.92 Å². The molecule has 0 spiro atoms. The second-order valence-electron chi connectivity index (χ2n) is 7.42. The predicted octanol–water partition coefficient (Wildman–Crippen LogP) is 1.81. The lowest BCUT2D eigenvalue weighted by Gasteiger charge is -2.31. The van der Waals surface area contributed by atoms with Crippen LogP contribution in [-0.2, 0) is 4.74 Å². The number of carbonyl (C=O) groups excluding carboxylic acids is 1. The van der Waals surface area contributed by atoms with Crippen LogP contribution >= 0.6 is 0 Å². The van der Waals surface area contributed by atoms with Gasteiger partial charge >= 0.3 is 0 Å². The fraction of sp³-hybridized carbons (Fsp3) is 0.579. The van der Waals surface area contributed by atoms with E-state index >= 15 is 0 Å². The van der Waals surface area contributed by atoms with Crippen molar-refractivity contribution in [3.63, 3.8) is 0 Å². The van der Waals surface area contributed by atoms with Gasteiger partial charge in [0.2, 0.25) is 0 Å². The first-order chi connectivity index (χ1) is 13.2. The Balaban J connectivity index is 1.41. The molecule has 2 aliphatic rings. The number of hydrogen-bond acceptors (Lipinski definition) is 6. The van der Waals surface area contributed by atoms with Crippen LogP contribution in [0.5, 0.6) is 0 Å². The van der Waals surface area contributed by atoms with Crippen LogP contribution in [0.4, 0.5) is 5.82 Å². The Labute approximate surface area is 159 Å². The van der Waals surface area contributed by atoms with Crippen molar-refractivity contribution in [3.05, 3.63) is 30.6 Å². The lowest BCUT2D eigenvalue weighted by atomic mass is 9.99. The van der Waals surface area contributed by atoms with Gasteiger partial charge in [-0.1, -0.05) is 6.92 Å². The molecule has 0 radical (unpaired) electrons. The maximum absolute atomic E-state index is 12.3. The molecule has 2 aromatic heterocycles. The summed E-state index contributed by atoms with van der Waals surface area (Å²) in [5, 5.41) is 2.89. The first-order valence-corrected chi connectivity index (χ1v) is 9.70. The van der Waals surface area contributed by atoms with Gasteiger partial charge in [0.1, 0.15) is 30.0 Å².